The summed E-state index contributed by atoms with van der Waals surface area (Å²) in [6.45, 7) is 1.99. The molecule has 2 amide bonds. The Morgan fingerprint density at radius 3 is 2.73 bits per heavy atom. The highest BCUT2D eigenvalue weighted by Gasteiger charge is 2.40. The molecule has 1 fully saturated rings. The normalized spacial score (nSPS) is 17.7. The van der Waals surface area contributed by atoms with Gasteiger partial charge in [0.15, 0.2) is 0 Å². The zero-order chi connectivity index (χ0) is 18.7. The molecule has 0 saturated carbocycles. The van der Waals surface area contributed by atoms with Crippen LogP contribution in [0.2, 0.25) is 0 Å². The van der Waals surface area contributed by atoms with Gasteiger partial charge in [-0.2, -0.15) is 0 Å². The summed E-state index contributed by atoms with van der Waals surface area (Å²) in [5.74, 6) is -0.211. The first-order chi connectivity index (χ1) is 12.5. The highest BCUT2D eigenvalue weighted by atomic mass is 79.9. The lowest BCUT2D eigenvalue weighted by molar-refractivity contribution is -0.130. The topological polar surface area (TPSA) is 55.8 Å². The van der Waals surface area contributed by atoms with Crippen molar-refractivity contribution < 1.29 is 19.1 Å². The first-order valence-corrected chi connectivity index (χ1v) is 9.17. The molecule has 0 aliphatic carbocycles. The van der Waals surface area contributed by atoms with Crippen molar-refractivity contribution >= 4 is 27.9 Å². The van der Waals surface area contributed by atoms with Gasteiger partial charge in [0, 0.05) is 10.0 Å². The molecule has 1 aliphatic heterocycles. The van der Waals surface area contributed by atoms with Crippen molar-refractivity contribution in [3.05, 3.63) is 64.1 Å². The number of nitrogens with zero attached hydrogens (tertiary/aromatic N) is 1. The van der Waals surface area contributed by atoms with Gasteiger partial charge in [-0.15, -0.1) is 0 Å². The van der Waals surface area contributed by atoms with Crippen molar-refractivity contribution in [2.75, 3.05) is 13.7 Å². The van der Waals surface area contributed by atoms with Gasteiger partial charge in [-0.25, -0.2) is 9.69 Å². The fourth-order valence-electron chi connectivity index (χ4n) is 3.15. The van der Waals surface area contributed by atoms with Crippen LogP contribution in [-0.4, -0.2) is 36.7 Å². The molecule has 1 heterocycles. The molecule has 26 heavy (non-hydrogen) atoms. The molecule has 0 radical (unpaired) electrons. The summed E-state index contributed by atoms with van der Waals surface area (Å²) < 4.78 is 11.4. The van der Waals surface area contributed by atoms with Crippen molar-refractivity contribution in [3.8, 4) is 5.75 Å². The lowest BCUT2D eigenvalue weighted by Gasteiger charge is -2.24. The standard InChI is InChI=1S/C20H20BrNO4/c1-13(17-11-15(21)8-9-18(17)25-2)19(23)22-16(12-26-20(22)24)10-14-6-4-3-5-7-14/h3-9,11,13,16H,10,12H2,1-2H3. The molecule has 6 heteroatoms. The first-order valence-electron chi connectivity index (χ1n) is 8.38. The van der Waals surface area contributed by atoms with E-state index in [1.807, 2.05) is 42.5 Å². The molecule has 0 spiro atoms. The average Bonchev–Trinajstić information content (AvgIpc) is 3.01. The molecule has 2 unspecified atom stereocenters. The number of imide groups is 1. The fraction of sp³-hybridized carbons (Fsp3) is 0.300. The number of carbonyl (C=O) groups excluding carboxylic acids is 2. The van der Waals surface area contributed by atoms with Crippen LogP contribution >= 0.6 is 15.9 Å². The van der Waals surface area contributed by atoms with Gasteiger partial charge in [-0.05, 0) is 37.1 Å². The van der Waals surface area contributed by atoms with Crippen molar-refractivity contribution in [2.24, 2.45) is 0 Å². The molecular formula is C20H20BrNO4. The van der Waals surface area contributed by atoms with Crippen LogP contribution in [0, 0.1) is 0 Å². The van der Waals surface area contributed by atoms with Crippen molar-refractivity contribution in [3.63, 3.8) is 0 Å². The van der Waals surface area contributed by atoms with Gasteiger partial charge < -0.3 is 9.47 Å². The monoisotopic (exact) mass is 417 g/mol. The summed E-state index contributed by atoms with van der Waals surface area (Å²) in [5.41, 5.74) is 1.78. The van der Waals surface area contributed by atoms with Crippen LogP contribution < -0.4 is 4.74 Å². The molecule has 0 N–H and O–H groups in total. The smallest absolute Gasteiger partial charge is 0.417 e. The van der Waals surface area contributed by atoms with Crippen LogP contribution in [-0.2, 0) is 16.0 Å². The Hall–Kier alpha value is -2.34. The third kappa shape index (κ3) is 3.75. The summed E-state index contributed by atoms with van der Waals surface area (Å²) in [6, 6.07) is 15.0. The van der Waals surface area contributed by atoms with E-state index in [4.69, 9.17) is 9.47 Å². The van der Waals surface area contributed by atoms with E-state index in [9.17, 15) is 9.59 Å². The largest absolute Gasteiger partial charge is 0.496 e. The van der Waals surface area contributed by atoms with Gasteiger partial charge in [-0.3, -0.25) is 4.79 Å². The van der Waals surface area contributed by atoms with Gasteiger partial charge in [-0.1, -0.05) is 46.3 Å². The van der Waals surface area contributed by atoms with Crippen LogP contribution in [0.25, 0.3) is 0 Å². The molecule has 0 aromatic heterocycles. The Labute approximate surface area is 161 Å². The predicted octanol–water partition coefficient (Wildman–Crippen LogP) is 4.15. The SMILES string of the molecule is COc1ccc(Br)cc1C(C)C(=O)N1C(=O)OCC1Cc1ccccc1. The Bertz CT molecular complexity index is 809. The summed E-state index contributed by atoms with van der Waals surface area (Å²) in [7, 11) is 1.56. The van der Waals surface area contributed by atoms with E-state index >= 15 is 0 Å². The zero-order valence-electron chi connectivity index (χ0n) is 14.6. The lowest BCUT2D eigenvalue weighted by atomic mass is 9.97. The number of benzene rings is 2. The number of methoxy groups -OCH3 is 1. The van der Waals surface area contributed by atoms with E-state index < -0.39 is 12.0 Å². The number of halogens is 1. The molecule has 3 rings (SSSR count). The molecule has 2 aromatic carbocycles. The maximum atomic E-state index is 13.1. The molecule has 2 atom stereocenters. The molecular weight excluding hydrogens is 398 g/mol. The van der Waals surface area contributed by atoms with Crippen LogP contribution in [0.4, 0.5) is 4.79 Å². The molecule has 5 nitrogen and oxygen atoms in total. The van der Waals surface area contributed by atoms with Crippen LogP contribution in [0.3, 0.4) is 0 Å². The van der Waals surface area contributed by atoms with Crippen molar-refractivity contribution in [1.29, 1.82) is 0 Å². The maximum Gasteiger partial charge on any atom is 0.417 e. The lowest BCUT2D eigenvalue weighted by Crippen LogP contribution is -2.42. The van der Waals surface area contributed by atoms with Crippen LogP contribution in [0.5, 0.6) is 5.75 Å². The minimum Gasteiger partial charge on any atom is -0.496 e. The van der Waals surface area contributed by atoms with Gasteiger partial charge in [0.25, 0.3) is 0 Å². The number of hydrogen-bond donors (Lipinski definition) is 0. The highest BCUT2D eigenvalue weighted by molar-refractivity contribution is 9.10. The summed E-state index contributed by atoms with van der Waals surface area (Å²) in [5, 5.41) is 0. The molecule has 136 valence electrons. The third-order valence-electron chi connectivity index (χ3n) is 4.54. The fourth-order valence-corrected chi connectivity index (χ4v) is 3.53. The minimum atomic E-state index is -0.586. The molecule has 2 aromatic rings. The van der Waals surface area contributed by atoms with E-state index in [-0.39, 0.29) is 18.6 Å². The zero-order valence-corrected chi connectivity index (χ0v) is 16.2. The second-order valence-corrected chi connectivity index (χ2v) is 7.15. The quantitative estimate of drug-likeness (QED) is 0.732. The molecule has 1 aliphatic rings. The number of hydrogen-bond acceptors (Lipinski definition) is 4. The Morgan fingerprint density at radius 2 is 2.04 bits per heavy atom. The Morgan fingerprint density at radius 1 is 1.31 bits per heavy atom. The van der Waals surface area contributed by atoms with Gasteiger partial charge in [0.05, 0.1) is 19.1 Å². The first kappa shape index (κ1) is 18.5. The number of ether oxygens (including phenoxy) is 2. The summed E-state index contributed by atoms with van der Waals surface area (Å²) in [4.78, 5) is 26.6. The van der Waals surface area contributed by atoms with E-state index in [1.54, 1.807) is 20.1 Å². The molecule has 0 bridgehead atoms. The van der Waals surface area contributed by atoms with Crippen molar-refractivity contribution in [2.45, 2.75) is 25.3 Å². The minimum absolute atomic E-state index is 0.210. The van der Waals surface area contributed by atoms with E-state index in [2.05, 4.69) is 15.9 Å². The van der Waals surface area contributed by atoms with Gasteiger partial charge in [0.2, 0.25) is 5.91 Å². The summed E-state index contributed by atoms with van der Waals surface area (Å²) >= 11 is 3.42. The number of amides is 2. The highest BCUT2D eigenvalue weighted by Crippen LogP contribution is 2.32. The predicted molar refractivity (Wildman–Crippen MR) is 101 cm³/mol. The number of carbonyl (C=O) groups is 2. The number of rotatable bonds is 5. The Kier molecular flexibility index (Phi) is 5.61. The van der Waals surface area contributed by atoms with E-state index in [0.717, 1.165) is 15.6 Å². The average molecular weight is 418 g/mol. The van der Waals surface area contributed by atoms with E-state index in [1.165, 1.54) is 4.90 Å². The van der Waals surface area contributed by atoms with Crippen LogP contribution in [0.1, 0.15) is 24.0 Å². The third-order valence-corrected chi connectivity index (χ3v) is 5.03. The Balaban J connectivity index is 1.84. The maximum absolute atomic E-state index is 13.1. The van der Waals surface area contributed by atoms with Gasteiger partial charge in [0.1, 0.15) is 12.4 Å². The van der Waals surface area contributed by atoms with Crippen LogP contribution in [0.15, 0.2) is 53.0 Å². The van der Waals surface area contributed by atoms with Gasteiger partial charge >= 0.3 is 6.09 Å². The second kappa shape index (κ2) is 7.91. The van der Waals surface area contributed by atoms with E-state index in [0.29, 0.717) is 12.2 Å². The van der Waals surface area contributed by atoms with Crippen molar-refractivity contribution in [1.82, 2.24) is 4.90 Å². The summed E-state index contributed by atoms with van der Waals surface area (Å²) in [6.07, 6.45) is -0.0162. The number of cyclic esters (lactones) is 1. The molecule has 1 saturated heterocycles. The second-order valence-electron chi connectivity index (χ2n) is 6.24.